The van der Waals surface area contributed by atoms with Gasteiger partial charge in [-0.2, -0.15) is 26.3 Å². The van der Waals surface area contributed by atoms with Gasteiger partial charge in [0.1, 0.15) is 23.3 Å². The number of ether oxygens (including phenoxy) is 2. The number of amides is 6. The highest BCUT2D eigenvalue weighted by Crippen LogP contribution is 2.39. The van der Waals surface area contributed by atoms with Crippen molar-refractivity contribution in [3.8, 4) is 11.1 Å². The number of nitrogens with zero attached hydrogens (tertiary/aromatic N) is 8. The third-order valence-corrected chi connectivity index (χ3v) is 17.2. The topological polar surface area (TPSA) is 174 Å². The van der Waals surface area contributed by atoms with Gasteiger partial charge in [0, 0.05) is 108 Å². The van der Waals surface area contributed by atoms with Gasteiger partial charge in [0.2, 0.25) is 11.8 Å². The highest BCUT2D eigenvalue weighted by atomic mass is 35.5. The van der Waals surface area contributed by atoms with Crippen LogP contribution in [-0.4, -0.2) is 166 Å². The summed E-state index contributed by atoms with van der Waals surface area (Å²) >= 11 is 6.16. The van der Waals surface area contributed by atoms with Crippen LogP contribution in [-0.2, 0) is 28.4 Å². The Labute approximate surface area is 503 Å². The summed E-state index contributed by atoms with van der Waals surface area (Å²) < 4.78 is 99.1. The lowest BCUT2D eigenvalue weighted by Crippen LogP contribution is -2.41. The zero-order chi connectivity index (χ0) is 61.7. The molecule has 0 radical (unpaired) electrons. The molecular formula is C60H76BClF6N10O8. The van der Waals surface area contributed by atoms with E-state index in [1.165, 1.54) is 9.80 Å². The minimum absolute atomic E-state index is 0.0507. The maximum atomic E-state index is 12.8. The number of hydrogen-bond acceptors (Lipinski definition) is 12. The Morgan fingerprint density at radius 1 is 0.605 bits per heavy atom. The fourth-order valence-electron chi connectivity index (χ4n) is 11.5. The van der Waals surface area contributed by atoms with Gasteiger partial charge in [-0.1, -0.05) is 29.3 Å². The lowest BCUT2D eigenvalue weighted by molar-refractivity contribution is -0.144. The summed E-state index contributed by atoms with van der Waals surface area (Å²) in [5.41, 5.74) is 4.67. The van der Waals surface area contributed by atoms with E-state index in [9.17, 15) is 45.5 Å². The van der Waals surface area contributed by atoms with Gasteiger partial charge in [-0.15, -0.1) is 0 Å². The van der Waals surface area contributed by atoms with Crippen molar-refractivity contribution in [2.24, 2.45) is 11.8 Å². The van der Waals surface area contributed by atoms with Crippen LogP contribution >= 0.6 is 11.6 Å². The van der Waals surface area contributed by atoms with Gasteiger partial charge in [-0.25, -0.2) is 19.6 Å². The van der Waals surface area contributed by atoms with E-state index in [1.54, 1.807) is 34.1 Å². The van der Waals surface area contributed by atoms with E-state index in [4.69, 9.17) is 35.4 Å². The van der Waals surface area contributed by atoms with Gasteiger partial charge in [0.15, 0.2) is 0 Å². The minimum Gasteiger partial charge on any atom is -0.399 e. The van der Waals surface area contributed by atoms with Gasteiger partial charge in [0.05, 0.1) is 37.6 Å². The normalized spacial score (nSPS) is 21.4. The number of morpholine rings is 2. The van der Waals surface area contributed by atoms with Crippen LogP contribution in [0.3, 0.4) is 0 Å². The highest BCUT2D eigenvalue weighted by molar-refractivity contribution is 6.62. The first-order valence-electron chi connectivity index (χ1n) is 29.5. The largest absolute Gasteiger partial charge is 0.495 e. The fourth-order valence-corrected chi connectivity index (χ4v) is 11.7. The molecule has 0 bridgehead atoms. The molecule has 9 heterocycles. The van der Waals surface area contributed by atoms with Crippen molar-refractivity contribution in [1.82, 2.24) is 19.8 Å². The highest BCUT2D eigenvalue weighted by Gasteiger charge is 2.52. The number of pyridine rings is 2. The zero-order valence-electron chi connectivity index (χ0n) is 49.6. The molecular weight excluding hydrogens is 1150 g/mol. The fraction of sp³-hybridized carbons (Fsp3) is 0.567. The molecule has 6 amide bonds. The van der Waals surface area contributed by atoms with E-state index < -0.39 is 67.4 Å². The van der Waals surface area contributed by atoms with Crippen LogP contribution < -0.4 is 35.7 Å². The number of nitrogens with one attached hydrogen (secondary N) is 2. The molecule has 2 N–H and O–H groups in total. The molecule has 2 aromatic carbocycles. The molecule has 7 aliphatic heterocycles. The lowest BCUT2D eigenvalue weighted by atomic mass is 9.76. The Morgan fingerprint density at radius 2 is 1.03 bits per heavy atom. The van der Waals surface area contributed by atoms with Crippen LogP contribution in [0.4, 0.5) is 70.6 Å². The number of alkyl halides is 6. The number of likely N-dealkylation sites (tertiary alicyclic amines) is 2. The number of anilines is 6. The quantitative estimate of drug-likeness (QED) is 0.114. The molecule has 7 saturated heterocycles. The molecule has 0 saturated carbocycles. The van der Waals surface area contributed by atoms with Crippen molar-refractivity contribution in [2.75, 3.05) is 122 Å². The first-order chi connectivity index (χ1) is 40.7. The van der Waals surface area contributed by atoms with Crippen molar-refractivity contribution in [1.29, 1.82) is 0 Å². The molecule has 26 heteroatoms. The molecule has 11 rings (SSSR count). The number of aryl methyl sites for hydroxylation is 2. The standard InChI is InChI=1S/C27H32F3N5O3.C20H28BF3N2O3.C13H16ClN3O2/c1-18-4-5-21(31-26(37)34-8-6-19(17-34)16-27(28,29)30)15-22(18)20-13-23(33-9-11-38-12-10-33)32-24(14-20)35-7-2-3-25(35)36;1-13-6-7-15(10-16(13)21-28-18(2,3)19(4,5)29-21)25-17(27)26-9-8-14(12-26)11-20(22,23)24;14-10-8-11(16-4-6-19-7-5-16)15-12(9-10)17-3-1-2-13(17)18/h4-5,13-15,19H,2-3,6-12,16-17H2,1H3,(H,31,37);6-7,10,14H,8-9,11-12H2,1-5H3,(H,25,27);8-9H,1-7H2/t19-;14-;/m00./s1. The van der Waals surface area contributed by atoms with E-state index in [-0.39, 0.29) is 24.9 Å². The first kappa shape index (κ1) is 64.1. The summed E-state index contributed by atoms with van der Waals surface area (Å²) in [6, 6.07) is 17.7. The van der Waals surface area contributed by atoms with Crippen LogP contribution in [0.15, 0.2) is 60.7 Å². The van der Waals surface area contributed by atoms with Gasteiger partial charge < -0.3 is 49.0 Å². The number of carbonyl (C=O) groups excluding carboxylic acids is 4. The van der Waals surface area contributed by atoms with Gasteiger partial charge >= 0.3 is 31.5 Å². The number of benzene rings is 2. The molecule has 466 valence electrons. The van der Waals surface area contributed by atoms with Crippen LogP contribution in [0.25, 0.3) is 11.1 Å². The lowest BCUT2D eigenvalue weighted by Gasteiger charge is -2.32. The number of hydrogen-bond donors (Lipinski definition) is 2. The maximum Gasteiger partial charge on any atom is 0.495 e. The molecule has 7 aliphatic rings. The smallest absolute Gasteiger partial charge is 0.399 e. The summed E-state index contributed by atoms with van der Waals surface area (Å²) in [5.74, 6) is 1.92. The predicted molar refractivity (Wildman–Crippen MR) is 319 cm³/mol. The van der Waals surface area contributed by atoms with E-state index in [2.05, 4.69) is 25.4 Å². The second kappa shape index (κ2) is 26.9. The number of aromatic nitrogens is 2. The third-order valence-electron chi connectivity index (χ3n) is 17.0. The SMILES string of the molecule is Cc1ccc(NC(=O)N2CC[C@@H](CC(F)(F)F)C2)cc1-c1cc(N2CCOCC2)nc(N2CCCC2=O)c1.Cc1ccc(NC(=O)N2CC[C@@H](CC(F)(F)F)C2)cc1B1OC(C)(C)C(C)(C)O1.O=C1CCCN1c1cc(Cl)cc(N2CCOCC2)n1. The molecule has 0 aliphatic carbocycles. The number of halogens is 7. The van der Waals surface area contributed by atoms with Crippen molar-refractivity contribution < 1.29 is 64.3 Å². The van der Waals surface area contributed by atoms with Gasteiger partial charge in [-0.05, 0) is 150 Å². The number of urea groups is 2. The Bertz CT molecular complexity index is 3080. The molecule has 2 aromatic heterocycles. The van der Waals surface area contributed by atoms with Crippen LogP contribution in [0.1, 0.15) is 90.2 Å². The summed E-state index contributed by atoms with van der Waals surface area (Å²) in [7, 11) is -0.556. The van der Waals surface area contributed by atoms with E-state index in [0.717, 1.165) is 71.8 Å². The molecule has 2 atom stereocenters. The third kappa shape index (κ3) is 16.4. The average molecular weight is 1230 g/mol. The summed E-state index contributed by atoms with van der Waals surface area (Å²) in [5, 5.41) is 6.27. The molecule has 7 fully saturated rings. The van der Waals surface area contributed by atoms with E-state index >= 15 is 0 Å². The molecule has 86 heavy (non-hydrogen) atoms. The van der Waals surface area contributed by atoms with Crippen LogP contribution in [0.2, 0.25) is 5.02 Å². The number of rotatable bonds is 10. The Morgan fingerprint density at radius 3 is 1.50 bits per heavy atom. The maximum absolute atomic E-state index is 12.8. The molecule has 0 unspecified atom stereocenters. The predicted octanol–water partition coefficient (Wildman–Crippen LogP) is 10.6. The molecule has 18 nitrogen and oxygen atoms in total. The van der Waals surface area contributed by atoms with Crippen molar-refractivity contribution in [3.63, 3.8) is 0 Å². The monoisotopic (exact) mass is 1220 g/mol. The van der Waals surface area contributed by atoms with Crippen molar-refractivity contribution >= 4 is 82.7 Å². The zero-order valence-corrected chi connectivity index (χ0v) is 50.3. The van der Waals surface area contributed by atoms with E-state index in [1.807, 2.05) is 77.9 Å². The Balaban J connectivity index is 0.000000163. The summed E-state index contributed by atoms with van der Waals surface area (Å²) in [6.45, 7) is 19.6. The average Bonchev–Trinajstić information content (AvgIpc) is 2.40. The Hall–Kier alpha value is -6.41. The first-order valence-corrected chi connectivity index (χ1v) is 29.8. The second-order valence-corrected chi connectivity index (χ2v) is 24.4. The van der Waals surface area contributed by atoms with Crippen molar-refractivity contribution in [2.45, 2.75) is 116 Å². The second-order valence-electron chi connectivity index (χ2n) is 24.0. The van der Waals surface area contributed by atoms with Gasteiger partial charge in [-0.3, -0.25) is 19.4 Å². The summed E-state index contributed by atoms with van der Waals surface area (Å²) in [6.07, 6.45) is -6.68. The minimum atomic E-state index is -4.23. The van der Waals surface area contributed by atoms with Crippen LogP contribution in [0.5, 0.6) is 0 Å². The van der Waals surface area contributed by atoms with E-state index in [0.29, 0.717) is 113 Å². The van der Waals surface area contributed by atoms with Gasteiger partial charge in [0.25, 0.3) is 0 Å². The number of carbonyl (C=O) groups is 4. The molecule has 0 spiro atoms. The van der Waals surface area contributed by atoms with Crippen molar-refractivity contribution in [3.05, 3.63) is 76.8 Å². The summed E-state index contributed by atoms with van der Waals surface area (Å²) in [4.78, 5) is 69.7. The molecule has 4 aromatic rings. The Kier molecular flexibility index (Phi) is 20.1. The van der Waals surface area contributed by atoms with Crippen LogP contribution in [0, 0.1) is 25.7 Å².